The van der Waals surface area contributed by atoms with E-state index in [1.54, 1.807) is 24.3 Å². The van der Waals surface area contributed by atoms with Crippen molar-refractivity contribution in [3.8, 4) is 0 Å². The summed E-state index contributed by atoms with van der Waals surface area (Å²) in [6.45, 7) is 0.289. The molecule has 1 atom stereocenters. The molecule has 4 N–H and O–H groups in total. The van der Waals surface area contributed by atoms with Crippen LogP contribution >= 0.6 is 15.9 Å². The summed E-state index contributed by atoms with van der Waals surface area (Å²) in [4.78, 5) is 34.0. The predicted molar refractivity (Wildman–Crippen MR) is 77.7 cm³/mol. The number of halogens is 1. The summed E-state index contributed by atoms with van der Waals surface area (Å²) in [5.74, 6) is -2.49. The molecule has 0 saturated carbocycles. The highest BCUT2D eigenvalue weighted by Crippen LogP contribution is 2.15. The zero-order chi connectivity index (χ0) is 16.0. The van der Waals surface area contributed by atoms with Gasteiger partial charge in [0.15, 0.2) is 5.60 Å². The third-order valence-corrected chi connectivity index (χ3v) is 3.31. The lowest BCUT2D eigenvalue weighted by molar-refractivity contribution is -0.156. The van der Waals surface area contributed by atoms with Gasteiger partial charge >= 0.3 is 5.97 Å². The Morgan fingerprint density at radius 1 is 1.24 bits per heavy atom. The average molecular weight is 359 g/mol. The second-order valence-corrected chi connectivity index (χ2v) is 5.37. The van der Waals surface area contributed by atoms with Gasteiger partial charge in [-0.2, -0.15) is 0 Å². The number of hydrogen-bond acceptors (Lipinski definition) is 4. The highest BCUT2D eigenvalue weighted by Gasteiger charge is 2.30. The summed E-state index contributed by atoms with van der Waals surface area (Å²) in [5.41, 5.74) is -1.68. The molecule has 0 aromatic heterocycles. The van der Waals surface area contributed by atoms with E-state index in [2.05, 4.69) is 26.6 Å². The summed E-state index contributed by atoms with van der Waals surface area (Å²) in [6, 6.07) is 6.72. The molecule has 21 heavy (non-hydrogen) atoms. The molecule has 0 spiro atoms. The van der Waals surface area contributed by atoms with Crippen LogP contribution in [-0.2, 0) is 9.59 Å². The lowest BCUT2D eigenvalue weighted by Gasteiger charge is -2.18. The number of carboxylic acids is 1. The molecule has 8 heteroatoms. The number of hydrogen-bond donors (Lipinski definition) is 4. The monoisotopic (exact) mass is 358 g/mol. The normalized spacial score (nSPS) is 13.1. The van der Waals surface area contributed by atoms with Crippen molar-refractivity contribution in [3.05, 3.63) is 34.3 Å². The molecule has 0 fully saturated rings. The molecule has 1 unspecified atom stereocenters. The summed E-state index contributed by atoms with van der Waals surface area (Å²) in [6.07, 6.45) is 0. The fraction of sp³-hybridized carbons (Fsp3) is 0.308. The van der Waals surface area contributed by atoms with E-state index in [4.69, 9.17) is 5.11 Å². The lowest BCUT2D eigenvalue weighted by Crippen LogP contribution is -2.48. The van der Waals surface area contributed by atoms with Gasteiger partial charge in [0.05, 0.1) is 18.7 Å². The second kappa shape index (κ2) is 7.19. The predicted octanol–water partition coefficient (Wildman–Crippen LogP) is 0.131. The minimum atomic E-state index is -2.05. The van der Waals surface area contributed by atoms with Crippen molar-refractivity contribution in [2.75, 3.05) is 13.1 Å². The maximum absolute atomic E-state index is 11.8. The standard InChI is InChI=1S/C13H15BrN2O5/c1-13(21,12(19)20)7-16-10(17)6-15-11(18)8-4-2-3-5-9(8)14/h2-5,21H,6-7H2,1H3,(H,15,18)(H,16,17)(H,19,20). The van der Waals surface area contributed by atoms with Crippen LogP contribution in [0.4, 0.5) is 0 Å². The molecule has 1 aromatic rings. The van der Waals surface area contributed by atoms with E-state index in [1.165, 1.54) is 0 Å². The largest absolute Gasteiger partial charge is 0.479 e. The number of aliphatic carboxylic acids is 1. The van der Waals surface area contributed by atoms with Crippen molar-refractivity contribution in [2.45, 2.75) is 12.5 Å². The maximum atomic E-state index is 11.8. The molecular weight excluding hydrogens is 344 g/mol. The van der Waals surface area contributed by atoms with Crippen molar-refractivity contribution in [3.63, 3.8) is 0 Å². The Morgan fingerprint density at radius 3 is 2.43 bits per heavy atom. The molecule has 0 radical (unpaired) electrons. The quantitative estimate of drug-likeness (QED) is 0.576. The van der Waals surface area contributed by atoms with Gasteiger partial charge in [-0.05, 0) is 35.0 Å². The number of benzene rings is 1. The molecule has 0 heterocycles. The van der Waals surface area contributed by atoms with Crippen molar-refractivity contribution in [2.24, 2.45) is 0 Å². The molecule has 7 nitrogen and oxygen atoms in total. The maximum Gasteiger partial charge on any atom is 0.337 e. The van der Waals surface area contributed by atoms with E-state index < -0.39 is 29.9 Å². The summed E-state index contributed by atoms with van der Waals surface area (Å²) in [5, 5.41) is 22.7. The van der Waals surface area contributed by atoms with Crippen molar-refractivity contribution in [1.29, 1.82) is 0 Å². The Hall–Kier alpha value is -1.93. The highest BCUT2D eigenvalue weighted by molar-refractivity contribution is 9.10. The first kappa shape index (κ1) is 17.1. The number of nitrogens with one attached hydrogen (secondary N) is 2. The third-order valence-electron chi connectivity index (χ3n) is 2.62. The summed E-state index contributed by atoms with van der Waals surface area (Å²) in [7, 11) is 0. The first-order valence-corrected chi connectivity index (χ1v) is 6.78. The molecule has 2 amide bonds. The van der Waals surface area contributed by atoms with Crippen LogP contribution in [0.3, 0.4) is 0 Å². The van der Waals surface area contributed by atoms with Crippen LogP contribution in [0.15, 0.2) is 28.7 Å². The van der Waals surface area contributed by atoms with Gasteiger partial charge in [0.1, 0.15) is 0 Å². The topological polar surface area (TPSA) is 116 Å². The minimum absolute atomic E-state index is 0.324. The number of carbonyl (C=O) groups excluding carboxylic acids is 2. The van der Waals surface area contributed by atoms with E-state index in [9.17, 15) is 19.5 Å². The Morgan fingerprint density at radius 2 is 1.86 bits per heavy atom. The number of carbonyl (C=O) groups is 3. The molecule has 0 bridgehead atoms. The fourth-order valence-corrected chi connectivity index (χ4v) is 1.77. The van der Waals surface area contributed by atoms with Crippen LogP contribution in [0.1, 0.15) is 17.3 Å². The Labute approximate surface area is 129 Å². The van der Waals surface area contributed by atoms with Gasteiger partial charge < -0.3 is 20.8 Å². The highest BCUT2D eigenvalue weighted by atomic mass is 79.9. The van der Waals surface area contributed by atoms with Gasteiger partial charge in [-0.25, -0.2) is 4.79 Å². The summed E-state index contributed by atoms with van der Waals surface area (Å²) >= 11 is 3.22. The fourth-order valence-electron chi connectivity index (χ4n) is 1.31. The third kappa shape index (κ3) is 5.16. The number of amides is 2. The van der Waals surface area contributed by atoms with Crippen LogP contribution in [0.2, 0.25) is 0 Å². The molecule has 114 valence electrons. The number of rotatable bonds is 6. The molecule has 1 aromatic carbocycles. The number of carboxylic acid groups (broad SMARTS) is 1. The van der Waals surface area contributed by atoms with Crippen LogP contribution in [0.5, 0.6) is 0 Å². The number of aliphatic hydroxyl groups is 1. The molecule has 0 aliphatic carbocycles. The molecule has 0 saturated heterocycles. The molecular formula is C13H15BrN2O5. The first-order chi connectivity index (χ1) is 9.74. The van der Waals surface area contributed by atoms with Crippen LogP contribution < -0.4 is 10.6 Å². The van der Waals surface area contributed by atoms with Crippen LogP contribution in [0, 0.1) is 0 Å². The Balaban J connectivity index is 2.45. The van der Waals surface area contributed by atoms with Crippen LogP contribution in [0.25, 0.3) is 0 Å². The lowest BCUT2D eigenvalue weighted by atomic mass is 10.1. The van der Waals surface area contributed by atoms with Crippen LogP contribution in [-0.4, -0.2) is 46.7 Å². The summed E-state index contributed by atoms with van der Waals surface area (Å²) < 4.78 is 0.594. The minimum Gasteiger partial charge on any atom is -0.479 e. The molecule has 1 rings (SSSR count). The molecule has 0 aliphatic rings. The Kier molecular flexibility index (Phi) is 5.86. The van der Waals surface area contributed by atoms with Gasteiger partial charge in [-0.1, -0.05) is 12.1 Å². The average Bonchev–Trinajstić information content (AvgIpc) is 2.43. The molecule has 0 aliphatic heterocycles. The van der Waals surface area contributed by atoms with E-state index in [-0.39, 0.29) is 6.54 Å². The van der Waals surface area contributed by atoms with E-state index in [1.807, 2.05) is 0 Å². The van der Waals surface area contributed by atoms with Crippen molar-refractivity contribution < 1.29 is 24.6 Å². The van der Waals surface area contributed by atoms with Gasteiger partial charge in [0.2, 0.25) is 5.91 Å². The second-order valence-electron chi connectivity index (χ2n) is 4.52. The van der Waals surface area contributed by atoms with Crippen molar-refractivity contribution >= 4 is 33.7 Å². The van der Waals surface area contributed by atoms with Gasteiger partial charge in [-0.15, -0.1) is 0 Å². The zero-order valence-corrected chi connectivity index (χ0v) is 12.8. The zero-order valence-electron chi connectivity index (χ0n) is 11.2. The smallest absolute Gasteiger partial charge is 0.337 e. The van der Waals surface area contributed by atoms with E-state index in [0.717, 1.165) is 6.92 Å². The Bertz CT molecular complexity index is 559. The van der Waals surface area contributed by atoms with Gasteiger partial charge in [0, 0.05) is 4.47 Å². The van der Waals surface area contributed by atoms with E-state index >= 15 is 0 Å². The van der Waals surface area contributed by atoms with Crippen molar-refractivity contribution in [1.82, 2.24) is 10.6 Å². The van der Waals surface area contributed by atoms with Gasteiger partial charge in [0.25, 0.3) is 5.91 Å². The first-order valence-electron chi connectivity index (χ1n) is 5.99. The van der Waals surface area contributed by atoms with E-state index in [0.29, 0.717) is 10.0 Å². The van der Waals surface area contributed by atoms with Gasteiger partial charge in [-0.3, -0.25) is 9.59 Å². The SMILES string of the molecule is CC(O)(CNC(=O)CNC(=O)c1ccccc1Br)C(=O)O.